The van der Waals surface area contributed by atoms with Crippen LogP contribution in [0.4, 0.5) is 0 Å². The van der Waals surface area contributed by atoms with Gasteiger partial charge < -0.3 is 15.6 Å². The number of aliphatic hydroxyl groups excluding tert-OH is 1. The van der Waals surface area contributed by atoms with Crippen molar-refractivity contribution in [2.24, 2.45) is 17.6 Å². The van der Waals surface area contributed by atoms with E-state index in [1.165, 1.54) is 0 Å². The van der Waals surface area contributed by atoms with Gasteiger partial charge >= 0.3 is 0 Å². The maximum Gasteiger partial charge on any atom is 0.0579 e. The maximum absolute atomic E-state index is 8.97. The highest BCUT2D eigenvalue weighted by molar-refractivity contribution is 4.79. The van der Waals surface area contributed by atoms with Crippen molar-refractivity contribution in [1.29, 1.82) is 0 Å². The summed E-state index contributed by atoms with van der Waals surface area (Å²) in [5, 5.41) is 8.97. The molecule has 3 heteroatoms. The minimum absolute atomic E-state index is 0.189. The molecule has 0 aromatic rings. The van der Waals surface area contributed by atoms with Crippen LogP contribution in [0.3, 0.4) is 0 Å². The van der Waals surface area contributed by atoms with Crippen LogP contribution >= 0.6 is 0 Å². The maximum atomic E-state index is 8.97. The van der Waals surface area contributed by atoms with Crippen molar-refractivity contribution in [3.8, 4) is 0 Å². The van der Waals surface area contributed by atoms with E-state index in [1.54, 1.807) is 0 Å². The minimum Gasteiger partial charge on any atom is -0.396 e. The number of nitrogens with two attached hydrogens (primary N) is 1. The molecule has 0 aromatic carbocycles. The topological polar surface area (TPSA) is 55.5 Å². The molecule has 66 valence electrons. The molecule has 0 amide bonds. The molecule has 3 nitrogen and oxygen atoms in total. The van der Waals surface area contributed by atoms with E-state index < -0.39 is 0 Å². The molecular weight excluding hydrogens is 142 g/mol. The molecule has 3 unspecified atom stereocenters. The average molecular weight is 159 g/mol. The summed E-state index contributed by atoms with van der Waals surface area (Å²) in [6.45, 7) is 3.63. The minimum atomic E-state index is 0.189. The van der Waals surface area contributed by atoms with Gasteiger partial charge in [0.1, 0.15) is 0 Å². The molecule has 1 fully saturated rings. The lowest BCUT2D eigenvalue weighted by Crippen LogP contribution is -2.30. The molecule has 1 rings (SSSR count). The van der Waals surface area contributed by atoms with Gasteiger partial charge in [0.15, 0.2) is 0 Å². The van der Waals surface area contributed by atoms with E-state index in [0.717, 1.165) is 13.0 Å². The van der Waals surface area contributed by atoms with E-state index in [4.69, 9.17) is 15.6 Å². The second kappa shape index (κ2) is 4.04. The first-order chi connectivity index (χ1) is 5.29. The highest BCUT2D eigenvalue weighted by Crippen LogP contribution is 2.27. The van der Waals surface area contributed by atoms with Crippen molar-refractivity contribution >= 4 is 0 Å². The zero-order valence-electron chi connectivity index (χ0n) is 6.99. The molecule has 1 saturated heterocycles. The van der Waals surface area contributed by atoms with E-state index >= 15 is 0 Å². The van der Waals surface area contributed by atoms with Crippen molar-refractivity contribution in [2.45, 2.75) is 19.4 Å². The van der Waals surface area contributed by atoms with Gasteiger partial charge in [-0.2, -0.15) is 0 Å². The fraction of sp³-hybridized carbons (Fsp3) is 1.00. The van der Waals surface area contributed by atoms with Gasteiger partial charge in [-0.15, -0.1) is 0 Å². The van der Waals surface area contributed by atoms with Crippen LogP contribution < -0.4 is 5.73 Å². The summed E-state index contributed by atoms with van der Waals surface area (Å²) in [6.07, 6.45) is 1.32. The summed E-state index contributed by atoms with van der Waals surface area (Å²) >= 11 is 0. The molecule has 0 spiro atoms. The van der Waals surface area contributed by atoms with Gasteiger partial charge in [-0.3, -0.25) is 0 Å². The zero-order chi connectivity index (χ0) is 8.27. The van der Waals surface area contributed by atoms with Crippen LogP contribution in [-0.2, 0) is 4.74 Å². The Hall–Kier alpha value is -0.120. The average Bonchev–Trinajstić information content (AvgIpc) is 2.40. The number of hydrogen-bond donors (Lipinski definition) is 2. The molecule has 0 bridgehead atoms. The molecule has 3 N–H and O–H groups in total. The van der Waals surface area contributed by atoms with Crippen LogP contribution in [0.1, 0.15) is 13.3 Å². The Kier molecular flexibility index (Phi) is 3.30. The lowest BCUT2D eigenvalue weighted by molar-refractivity contribution is 0.0758. The molecule has 0 saturated carbocycles. The van der Waals surface area contributed by atoms with Crippen LogP contribution in [0, 0.1) is 11.8 Å². The molecule has 0 aromatic heterocycles. The SMILES string of the molecule is CC1OCCC1C(CN)CO. The predicted molar refractivity (Wildman–Crippen MR) is 43.2 cm³/mol. The van der Waals surface area contributed by atoms with Gasteiger partial charge in [-0.05, 0) is 31.7 Å². The van der Waals surface area contributed by atoms with E-state index in [1.807, 2.05) is 0 Å². The van der Waals surface area contributed by atoms with Crippen LogP contribution in [0.15, 0.2) is 0 Å². The second-order valence-electron chi connectivity index (χ2n) is 3.21. The zero-order valence-corrected chi connectivity index (χ0v) is 6.99. The Balaban J connectivity index is 2.43. The van der Waals surface area contributed by atoms with Crippen molar-refractivity contribution in [2.75, 3.05) is 19.8 Å². The fourth-order valence-corrected chi connectivity index (χ4v) is 1.75. The van der Waals surface area contributed by atoms with Crippen LogP contribution in [0.2, 0.25) is 0 Å². The summed E-state index contributed by atoms with van der Waals surface area (Å²) in [6, 6.07) is 0. The standard InChI is InChI=1S/C8H17NO2/c1-6-8(2-3-11-6)7(4-9)5-10/h6-8,10H,2-5,9H2,1H3. The summed E-state index contributed by atoms with van der Waals surface area (Å²) in [5.74, 6) is 0.692. The summed E-state index contributed by atoms with van der Waals surface area (Å²) in [5.41, 5.74) is 5.51. The molecule has 0 aliphatic carbocycles. The Bertz CT molecular complexity index is 115. The summed E-state index contributed by atoms with van der Waals surface area (Å²) in [4.78, 5) is 0. The lowest BCUT2D eigenvalue weighted by Gasteiger charge is -2.21. The molecule has 1 heterocycles. The first-order valence-electron chi connectivity index (χ1n) is 4.22. The van der Waals surface area contributed by atoms with Gasteiger partial charge in [0.2, 0.25) is 0 Å². The first-order valence-corrected chi connectivity index (χ1v) is 4.22. The highest BCUT2D eigenvalue weighted by atomic mass is 16.5. The summed E-state index contributed by atoms with van der Waals surface area (Å²) in [7, 11) is 0. The molecule has 0 radical (unpaired) electrons. The molecule has 3 atom stereocenters. The third-order valence-corrected chi connectivity index (χ3v) is 2.58. The van der Waals surface area contributed by atoms with Gasteiger partial charge in [0.25, 0.3) is 0 Å². The third kappa shape index (κ3) is 1.92. The third-order valence-electron chi connectivity index (χ3n) is 2.58. The predicted octanol–water partition coefficient (Wildman–Crippen LogP) is -0.0214. The quantitative estimate of drug-likeness (QED) is 0.608. The first kappa shape index (κ1) is 8.97. The van der Waals surface area contributed by atoms with Gasteiger partial charge in [-0.1, -0.05) is 0 Å². The van der Waals surface area contributed by atoms with Crippen molar-refractivity contribution in [3.63, 3.8) is 0 Å². The Morgan fingerprint density at radius 2 is 2.45 bits per heavy atom. The Labute approximate surface area is 67.5 Å². The van der Waals surface area contributed by atoms with E-state index in [-0.39, 0.29) is 18.6 Å². The largest absolute Gasteiger partial charge is 0.396 e. The van der Waals surface area contributed by atoms with E-state index in [2.05, 4.69) is 6.92 Å². The number of rotatable bonds is 3. The van der Waals surface area contributed by atoms with E-state index in [0.29, 0.717) is 12.5 Å². The summed E-state index contributed by atoms with van der Waals surface area (Å²) < 4.78 is 5.38. The second-order valence-corrected chi connectivity index (χ2v) is 3.21. The molecule has 11 heavy (non-hydrogen) atoms. The smallest absolute Gasteiger partial charge is 0.0579 e. The van der Waals surface area contributed by atoms with Crippen molar-refractivity contribution in [1.82, 2.24) is 0 Å². The van der Waals surface area contributed by atoms with Crippen LogP contribution in [-0.4, -0.2) is 31.0 Å². The van der Waals surface area contributed by atoms with E-state index in [9.17, 15) is 0 Å². The number of hydrogen-bond acceptors (Lipinski definition) is 3. The monoisotopic (exact) mass is 159 g/mol. The highest BCUT2D eigenvalue weighted by Gasteiger charge is 2.30. The van der Waals surface area contributed by atoms with Gasteiger partial charge in [0, 0.05) is 13.2 Å². The molecule has 1 aliphatic rings. The molecule has 1 aliphatic heterocycles. The Morgan fingerprint density at radius 3 is 2.82 bits per heavy atom. The fourth-order valence-electron chi connectivity index (χ4n) is 1.75. The van der Waals surface area contributed by atoms with Gasteiger partial charge in [-0.25, -0.2) is 0 Å². The van der Waals surface area contributed by atoms with Crippen molar-refractivity contribution < 1.29 is 9.84 Å². The van der Waals surface area contributed by atoms with Gasteiger partial charge in [0.05, 0.1) is 6.10 Å². The lowest BCUT2D eigenvalue weighted by atomic mass is 9.88. The van der Waals surface area contributed by atoms with Crippen LogP contribution in [0.5, 0.6) is 0 Å². The number of ether oxygens (including phenoxy) is 1. The molecular formula is C8H17NO2. The number of aliphatic hydroxyl groups is 1. The van der Waals surface area contributed by atoms with Crippen LogP contribution in [0.25, 0.3) is 0 Å². The Morgan fingerprint density at radius 1 is 1.73 bits per heavy atom. The normalized spacial score (nSPS) is 34.1. The van der Waals surface area contributed by atoms with Crippen molar-refractivity contribution in [3.05, 3.63) is 0 Å².